The number of hydrogen-bond acceptors (Lipinski definition) is 4. The Balaban J connectivity index is 2.71. The van der Waals surface area contributed by atoms with Gasteiger partial charge in [-0.25, -0.2) is 0 Å². The standard InChI is InChI=1S/C10H14N2O3/c11-7-1-2-9(13)6(3-7)4-8(12)5-10(14)15/h1-3,8,13H,4-5,11-12H2,(H,14,15)/t8-/m1/s1. The molecule has 0 amide bonds. The van der Waals surface area contributed by atoms with Gasteiger partial charge in [-0.3, -0.25) is 4.79 Å². The molecule has 0 spiro atoms. The molecule has 82 valence electrons. The van der Waals surface area contributed by atoms with Crippen molar-refractivity contribution in [2.24, 2.45) is 5.73 Å². The maximum Gasteiger partial charge on any atom is 0.304 e. The zero-order chi connectivity index (χ0) is 11.4. The number of carboxylic acid groups (broad SMARTS) is 1. The third-order valence-corrected chi connectivity index (χ3v) is 2.02. The molecule has 0 fully saturated rings. The zero-order valence-corrected chi connectivity index (χ0v) is 8.18. The summed E-state index contributed by atoms with van der Waals surface area (Å²) in [5.41, 5.74) is 12.2. The van der Waals surface area contributed by atoms with Gasteiger partial charge in [-0.1, -0.05) is 0 Å². The number of aromatic hydroxyl groups is 1. The first-order valence-corrected chi connectivity index (χ1v) is 4.53. The Labute approximate surface area is 87.3 Å². The summed E-state index contributed by atoms with van der Waals surface area (Å²) in [5.74, 6) is -0.865. The van der Waals surface area contributed by atoms with Crippen molar-refractivity contribution in [1.82, 2.24) is 0 Å². The maximum atomic E-state index is 10.4. The number of nitrogen functional groups attached to an aromatic ring is 1. The fraction of sp³-hybridized carbons (Fsp3) is 0.300. The Hall–Kier alpha value is -1.75. The van der Waals surface area contributed by atoms with Crippen molar-refractivity contribution < 1.29 is 15.0 Å². The number of phenols is 1. The molecule has 1 aromatic rings. The number of phenolic OH excluding ortho intramolecular Hbond substituents is 1. The van der Waals surface area contributed by atoms with Crippen molar-refractivity contribution in [2.45, 2.75) is 18.9 Å². The Morgan fingerprint density at radius 1 is 1.47 bits per heavy atom. The van der Waals surface area contributed by atoms with E-state index in [1.807, 2.05) is 0 Å². The van der Waals surface area contributed by atoms with Crippen LogP contribution in [0.4, 0.5) is 5.69 Å². The molecule has 0 heterocycles. The molecule has 0 bridgehead atoms. The lowest BCUT2D eigenvalue weighted by Gasteiger charge is -2.10. The van der Waals surface area contributed by atoms with Gasteiger partial charge >= 0.3 is 5.97 Å². The number of nitrogens with two attached hydrogens (primary N) is 2. The highest BCUT2D eigenvalue weighted by Gasteiger charge is 2.11. The Morgan fingerprint density at radius 3 is 2.73 bits per heavy atom. The Kier molecular flexibility index (Phi) is 3.51. The van der Waals surface area contributed by atoms with Crippen molar-refractivity contribution in [3.05, 3.63) is 23.8 Å². The number of carboxylic acids is 1. The predicted octanol–water partition coefficient (Wildman–Crippen LogP) is 0.319. The van der Waals surface area contributed by atoms with Crippen LogP contribution in [0.25, 0.3) is 0 Å². The first-order chi connectivity index (χ1) is 6.99. The van der Waals surface area contributed by atoms with E-state index in [0.717, 1.165) is 0 Å². The average molecular weight is 210 g/mol. The quantitative estimate of drug-likeness (QED) is 0.422. The lowest BCUT2D eigenvalue weighted by atomic mass is 10.0. The molecular formula is C10H14N2O3. The summed E-state index contributed by atoms with van der Waals surface area (Å²) in [5, 5.41) is 18.0. The van der Waals surface area contributed by atoms with Gasteiger partial charge in [0.25, 0.3) is 0 Å². The highest BCUT2D eigenvalue weighted by molar-refractivity contribution is 5.67. The minimum absolute atomic E-state index is 0.0880. The molecule has 15 heavy (non-hydrogen) atoms. The van der Waals surface area contributed by atoms with Crippen LogP contribution < -0.4 is 11.5 Å². The Bertz CT molecular complexity index is 366. The number of rotatable bonds is 4. The number of hydrogen-bond donors (Lipinski definition) is 4. The Morgan fingerprint density at radius 2 is 2.13 bits per heavy atom. The molecule has 1 rings (SSSR count). The van der Waals surface area contributed by atoms with Crippen LogP contribution in [0.2, 0.25) is 0 Å². The second-order valence-corrected chi connectivity index (χ2v) is 3.45. The van der Waals surface area contributed by atoms with E-state index in [-0.39, 0.29) is 12.2 Å². The van der Waals surface area contributed by atoms with Crippen molar-refractivity contribution in [2.75, 3.05) is 5.73 Å². The lowest BCUT2D eigenvalue weighted by Crippen LogP contribution is -2.26. The van der Waals surface area contributed by atoms with Crippen LogP contribution in [0.3, 0.4) is 0 Å². The molecule has 0 aliphatic carbocycles. The van der Waals surface area contributed by atoms with Gasteiger partial charge < -0.3 is 21.7 Å². The zero-order valence-electron chi connectivity index (χ0n) is 8.18. The predicted molar refractivity (Wildman–Crippen MR) is 56.5 cm³/mol. The number of benzene rings is 1. The monoisotopic (exact) mass is 210 g/mol. The highest BCUT2D eigenvalue weighted by Crippen LogP contribution is 2.21. The lowest BCUT2D eigenvalue weighted by molar-refractivity contribution is -0.137. The van der Waals surface area contributed by atoms with Crippen LogP contribution >= 0.6 is 0 Å². The van der Waals surface area contributed by atoms with Crippen LogP contribution in [0.15, 0.2) is 18.2 Å². The van der Waals surface area contributed by atoms with Crippen LogP contribution in [0.5, 0.6) is 5.75 Å². The molecule has 1 atom stereocenters. The molecule has 0 saturated heterocycles. The third-order valence-electron chi connectivity index (χ3n) is 2.02. The molecule has 0 radical (unpaired) electrons. The van der Waals surface area contributed by atoms with E-state index in [1.54, 1.807) is 12.1 Å². The second-order valence-electron chi connectivity index (χ2n) is 3.45. The van der Waals surface area contributed by atoms with Crippen LogP contribution in [0.1, 0.15) is 12.0 Å². The van der Waals surface area contributed by atoms with Gasteiger partial charge in [0.05, 0.1) is 6.42 Å². The summed E-state index contributed by atoms with van der Waals surface area (Å²) in [6.45, 7) is 0. The largest absolute Gasteiger partial charge is 0.508 e. The van der Waals surface area contributed by atoms with Crippen molar-refractivity contribution >= 4 is 11.7 Å². The molecule has 0 unspecified atom stereocenters. The van der Waals surface area contributed by atoms with E-state index in [2.05, 4.69) is 0 Å². The fourth-order valence-corrected chi connectivity index (χ4v) is 1.35. The van der Waals surface area contributed by atoms with Gasteiger partial charge in [0, 0.05) is 11.7 Å². The minimum atomic E-state index is -0.953. The van der Waals surface area contributed by atoms with Crippen LogP contribution in [-0.2, 0) is 11.2 Å². The minimum Gasteiger partial charge on any atom is -0.508 e. The summed E-state index contributed by atoms with van der Waals surface area (Å²) >= 11 is 0. The summed E-state index contributed by atoms with van der Waals surface area (Å²) in [6, 6.07) is 4.12. The van der Waals surface area contributed by atoms with Gasteiger partial charge in [-0.15, -0.1) is 0 Å². The maximum absolute atomic E-state index is 10.4. The molecule has 0 aliphatic heterocycles. The topological polar surface area (TPSA) is 110 Å². The number of carbonyl (C=O) groups is 1. The van der Waals surface area contributed by atoms with Gasteiger partial charge in [0.2, 0.25) is 0 Å². The second kappa shape index (κ2) is 4.65. The van der Waals surface area contributed by atoms with Gasteiger partial charge in [-0.2, -0.15) is 0 Å². The van der Waals surface area contributed by atoms with Crippen molar-refractivity contribution in [3.63, 3.8) is 0 Å². The molecule has 5 nitrogen and oxygen atoms in total. The van der Waals surface area contributed by atoms with Gasteiger partial charge in [0.15, 0.2) is 0 Å². The average Bonchev–Trinajstić information content (AvgIpc) is 2.10. The van der Waals surface area contributed by atoms with Crippen LogP contribution in [-0.4, -0.2) is 22.2 Å². The fourth-order valence-electron chi connectivity index (χ4n) is 1.35. The summed E-state index contributed by atoms with van der Waals surface area (Å²) in [7, 11) is 0. The van der Waals surface area contributed by atoms with Crippen LogP contribution in [0, 0.1) is 0 Å². The van der Waals surface area contributed by atoms with Crippen molar-refractivity contribution in [1.29, 1.82) is 0 Å². The molecule has 0 saturated carbocycles. The summed E-state index contributed by atoms with van der Waals surface area (Å²) in [6.07, 6.45) is 0.164. The SMILES string of the molecule is Nc1ccc(O)c(C[C@@H](N)CC(=O)O)c1. The first-order valence-electron chi connectivity index (χ1n) is 4.53. The number of aliphatic carboxylic acids is 1. The highest BCUT2D eigenvalue weighted by atomic mass is 16.4. The van der Waals surface area contributed by atoms with E-state index >= 15 is 0 Å². The number of anilines is 1. The van der Waals surface area contributed by atoms with E-state index in [4.69, 9.17) is 16.6 Å². The van der Waals surface area contributed by atoms with Gasteiger partial charge in [0.1, 0.15) is 5.75 Å². The molecular weight excluding hydrogens is 196 g/mol. The molecule has 6 N–H and O–H groups in total. The van der Waals surface area contributed by atoms with E-state index in [0.29, 0.717) is 17.7 Å². The molecule has 0 aromatic heterocycles. The smallest absolute Gasteiger partial charge is 0.304 e. The molecule has 5 heteroatoms. The molecule has 1 aromatic carbocycles. The summed E-state index contributed by atoms with van der Waals surface area (Å²) in [4.78, 5) is 10.4. The first kappa shape index (κ1) is 11.3. The summed E-state index contributed by atoms with van der Waals surface area (Å²) < 4.78 is 0. The van der Waals surface area contributed by atoms with E-state index < -0.39 is 12.0 Å². The van der Waals surface area contributed by atoms with E-state index in [9.17, 15) is 9.90 Å². The van der Waals surface area contributed by atoms with Crippen molar-refractivity contribution in [3.8, 4) is 5.75 Å². The van der Waals surface area contributed by atoms with E-state index in [1.165, 1.54) is 6.07 Å². The van der Waals surface area contributed by atoms with Gasteiger partial charge in [-0.05, 0) is 30.2 Å². The molecule has 0 aliphatic rings. The normalized spacial score (nSPS) is 12.3. The third kappa shape index (κ3) is 3.47.